The van der Waals surface area contributed by atoms with Gasteiger partial charge in [0, 0.05) is 31.4 Å². The van der Waals surface area contributed by atoms with Crippen molar-refractivity contribution in [2.24, 2.45) is 5.92 Å². The molecule has 3 aromatic rings. The van der Waals surface area contributed by atoms with E-state index in [4.69, 9.17) is 0 Å². The van der Waals surface area contributed by atoms with E-state index < -0.39 is 0 Å². The molecule has 1 aliphatic rings. The Bertz CT molecular complexity index is 920. The van der Waals surface area contributed by atoms with E-state index in [2.05, 4.69) is 56.6 Å². The molecule has 1 amide bonds. The number of nitrogens with one attached hydrogen (secondary N) is 1. The molecule has 148 valence electrons. The van der Waals surface area contributed by atoms with Crippen molar-refractivity contribution in [2.45, 2.75) is 25.8 Å². The Morgan fingerprint density at radius 2 is 1.69 bits per heavy atom. The van der Waals surface area contributed by atoms with E-state index in [-0.39, 0.29) is 17.9 Å². The minimum absolute atomic E-state index is 0.00894. The fourth-order valence-corrected chi connectivity index (χ4v) is 3.83. The Labute approximate surface area is 171 Å². The van der Waals surface area contributed by atoms with Crippen LogP contribution < -0.4 is 10.2 Å². The molecule has 29 heavy (non-hydrogen) atoms. The van der Waals surface area contributed by atoms with Gasteiger partial charge in [0.2, 0.25) is 5.91 Å². The molecule has 1 atom stereocenters. The average Bonchev–Trinajstić information content (AvgIpc) is 2.80. The fourth-order valence-electron chi connectivity index (χ4n) is 3.83. The van der Waals surface area contributed by atoms with Crippen molar-refractivity contribution < 1.29 is 4.79 Å². The molecule has 1 aliphatic heterocycles. The first kappa shape index (κ1) is 19.1. The lowest BCUT2D eigenvalue weighted by Crippen LogP contribution is -2.41. The normalized spacial score (nSPS) is 15.7. The SMILES string of the molecule is CC(NC(=O)C1CCN(c2cnccn2)CC1)c1ccc(-c2ccccc2)cc1. The van der Waals surface area contributed by atoms with Gasteiger partial charge in [-0.25, -0.2) is 4.98 Å². The minimum Gasteiger partial charge on any atom is -0.355 e. The number of piperidine rings is 1. The molecule has 0 spiro atoms. The number of carbonyl (C=O) groups excluding carboxylic acids is 1. The predicted octanol–water partition coefficient (Wildman–Crippen LogP) is 4.24. The molecule has 2 heterocycles. The van der Waals surface area contributed by atoms with Crippen LogP contribution in [0, 0.1) is 5.92 Å². The van der Waals surface area contributed by atoms with Gasteiger partial charge in [0.25, 0.3) is 0 Å². The number of hydrogen-bond donors (Lipinski definition) is 1. The molecular formula is C24H26N4O. The fraction of sp³-hybridized carbons (Fsp3) is 0.292. The summed E-state index contributed by atoms with van der Waals surface area (Å²) < 4.78 is 0. The van der Waals surface area contributed by atoms with Gasteiger partial charge in [-0.3, -0.25) is 9.78 Å². The summed E-state index contributed by atoms with van der Waals surface area (Å²) in [6, 6.07) is 18.7. The quantitative estimate of drug-likeness (QED) is 0.713. The van der Waals surface area contributed by atoms with Crippen LogP contribution in [-0.2, 0) is 4.79 Å². The summed E-state index contributed by atoms with van der Waals surface area (Å²) in [7, 11) is 0. The number of amides is 1. The summed E-state index contributed by atoms with van der Waals surface area (Å²) in [6.07, 6.45) is 6.84. The summed E-state index contributed by atoms with van der Waals surface area (Å²) in [5, 5.41) is 3.19. The van der Waals surface area contributed by atoms with Crippen LogP contribution in [0.5, 0.6) is 0 Å². The van der Waals surface area contributed by atoms with Crippen molar-refractivity contribution in [1.29, 1.82) is 0 Å². The summed E-state index contributed by atoms with van der Waals surface area (Å²) in [6.45, 7) is 3.71. The first-order valence-corrected chi connectivity index (χ1v) is 10.2. The molecule has 5 heteroatoms. The Kier molecular flexibility index (Phi) is 5.84. The van der Waals surface area contributed by atoms with Crippen LogP contribution in [0.25, 0.3) is 11.1 Å². The number of nitrogens with zero attached hydrogens (tertiary/aromatic N) is 3. The van der Waals surface area contributed by atoms with E-state index in [1.165, 1.54) is 11.1 Å². The van der Waals surface area contributed by atoms with Crippen LogP contribution in [0.1, 0.15) is 31.4 Å². The molecule has 1 fully saturated rings. The number of rotatable bonds is 5. The summed E-state index contributed by atoms with van der Waals surface area (Å²) in [5.41, 5.74) is 3.50. The van der Waals surface area contributed by atoms with Gasteiger partial charge in [-0.2, -0.15) is 0 Å². The number of hydrogen-bond acceptors (Lipinski definition) is 4. The van der Waals surface area contributed by atoms with Crippen LogP contribution in [0.3, 0.4) is 0 Å². The van der Waals surface area contributed by atoms with Gasteiger partial charge in [-0.1, -0.05) is 54.6 Å². The molecule has 1 aromatic heterocycles. The Balaban J connectivity index is 1.32. The highest BCUT2D eigenvalue weighted by Crippen LogP contribution is 2.24. The van der Waals surface area contributed by atoms with E-state index >= 15 is 0 Å². The van der Waals surface area contributed by atoms with Crippen molar-refractivity contribution >= 4 is 11.7 Å². The maximum absolute atomic E-state index is 12.8. The lowest BCUT2D eigenvalue weighted by atomic mass is 9.95. The standard InChI is InChI=1S/C24H26N4O/c1-18(19-7-9-21(10-8-19)20-5-3-2-4-6-20)27-24(29)22-11-15-28(16-12-22)23-17-25-13-14-26-23/h2-10,13-14,17-18,22H,11-12,15-16H2,1H3,(H,27,29). The molecule has 0 saturated carbocycles. The first-order valence-electron chi connectivity index (χ1n) is 10.2. The molecule has 4 rings (SSSR count). The van der Waals surface area contributed by atoms with E-state index in [1.807, 2.05) is 25.1 Å². The maximum atomic E-state index is 12.8. The summed E-state index contributed by atoms with van der Waals surface area (Å²) in [4.78, 5) is 23.4. The summed E-state index contributed by atoms with van der Waals surface area (Å²) >= 11 is 0. The smallest absolute Gasteiger partial charge is 0.223 e. The molecule has 5 nitrogen and oxygen atoms in total. The van der Waals surface area contributed by atoms with Gasteiger partial charge < -0.3 is 10.2 Å². The van der Waals surface area contributed by atoms with Crippen LogP contribution >= 0.6 is 0 Å². The van der Waals surface area contributed by atoms with Gasteiger partial charge >= 0.3 is 0 Å². The van der Waals surface area contributed by atoms with Crippen LogP contribution in [0.15, 0.2) is 73.2 Å². The van der Waals surface area contributed by atoms with Crippen LogP contribution in [0.4, 0.5) is 5.82 Å². The second-order valence-corrected chi connectivity index (χ2v) is 7.54. The molecule has 0 radical (unpaired) electrons. The third-order valence-electron chi connectivity index (χ3n) is 5.62. The zero-order chi connectivity index (χ0) is 20.1. The lowest BCUT2D eigenvalue weighted by Gasteiger charge is -2.32. The highest BCUT2D eigenvalue weighted by Gasteiger charge is 2.26. The zero-order valence-electron chi connectivity index (χ0n) is 16.7. The second kappa shape index (κ2) is 8.86. The Morgan fingerprint density at radius 3 is 2.34 bits per heavy atom. The molecule has 2 aromatic carbocycles. The predicted molar refractivity (Wildman–Crippen MR) is 115 cm³/mol. The third kappa shape index (κ3) is 4.62. The van der Waals surface area contributed by atoms with Gasteiger partial charge in [0.05, 0.1) is 12.2 Å². The number of aromatic nitrogens is 2. The third-order valence-corrected chi connectivity index (χ3v) is 5.62. The van der Waals surface area contributed by atoms with Gasteiger partial charge in [-0.15, -0.1) is 0 Å². The van der Waals surface area contributed by atoms with E-state index in [0.29, 0.717) is 0 Å². The Morgan fingerprint density at radius 1 is 1.00 bits per heavy atom. The highest BCUT2D eigenvalue weighted by molar-refractivity contribution is 5.79. The lowest BCUT2D eigenvalue weighted by molar-refractivity contribution is -0.126. The monoisotopic (exact) mass is 386 g/mol. The molecule has 0 bridgehead atoms. The van der Waals surface area contributed by atoms with E-state index in [0.717, 1.165) is 37.3 Å². The van der Waals surface area contributed by atoms with Crippen molar-refractivity contribution in [3.63, 3.8) is 0 Å². The zero-order valence-corrected chi connectivity index (χ0v) is 16.7. The highest BCUT2D eigenvalue weighted by atomic mass is 16.1. The van der Waals surface area contributed by atoms with Crippen LogP contribution in [0.2, 0.25) is 0 Å². The maximum Gasteiger partial charge on any atom is 0.223 e. The molecule has 1 unspecified atom stereocenters. The Hall–Kier alpha value is -3.21. The topological polar surface area (TPSA) is 58.1 Å². The van der Waals surface area contributed by atoms with E-state index in [1.54, 1.807) is 18.6 Å². The van der Waals surface area contributed by atoms with Crippen molar-refractivity contribution in [2.75, 3.05) is 18.0 Å². The van der Waals surface area contributed by atoms with Gasteiger partial charge in [-0.05, 0) is 36.5 Å². The van der Waals surface area contributed by atoms with E-state index in [9.17, 15) is 4.79 Å². The molecule has 0 aliphatic carbocycles. The summed E-state index contributed by atoms with van der Waals surface area (Å²) in [5.74, 6) is 1.08. The van der Waals surface area contributed by atoms with Gasteiger partial charge in [0.15, 0.2) is 0 Å². The first-order chi connectivity index (χ1) is 14.2. The van der Waals surface area contributed by atoms with Crippen LogP contribution in [-0.4, -0.2) is 29.0 Å². The average molecular weight is 386 g/mol. The number of anilines is 1. The molecule has 1 saturated heterocycles. The van der Waals surface area contributed by atoms with Gasteiger partial charge in [0.1, 0.15) is 5.82 Å². The molecular weight excluding hydrogens is 360 g/mol. The molecule has 1 N–H and O–H groups in total. The van der Waals surface area contributed by atoms with Crippen molar-refractivity contribution in [3.05, 3.63) is 78.8 Å². The largest absolute Gasteiger partial charge is 0.355 e. The van der Waals surface area contributed by atoms with Crippen molar-refractivity contribution in [1.82, 2.24) is 15.3 Å². The second-order valence-electron chi connectivity index (χ2n) is 7.54. The number of carbonyl (C=O) groups is 1. The minimum atomic E-state index is -0.00894. The number of benzene rings is 2. The van der Waals surface area contributed by atoms with Crippen molar-refractivity contribution in [3.8, 4) is 11.1 Å².